The molecule has 1 aliphatic heterocycles. The summed E-state index contributed by atoms with van der Waals surface area (Å²) in [4.78, 5) is -0.0609. The number of nitrogens with one attached hydrogen (secondary N) is 2. The highest BCUT2D eigenvalue weighted by molar-refractivity contribution is 7.89. The van der Waals surface area contributed by atoms with E-state index < -0.39 is 10.0 Å². The van der Waals surface area contributed by atoms with Crippen LogP contribution in [0.3, 0.4) is 0 Å². The van der Waals surface area contributed by atoms with E-state index in [1.54, 1.807) is 0 Å². The lowest BCUT2D eigenvalue weighted by Gasteiger charge is -2.22. The van der Waals surface area contributed by atoms with Crippen LogP contribution in [0.1, 0.15) is 0 Å². The minimum atomic E-state index is -3.65. The molecule has 1 saturated heterocycles. The summed E-state index contributed by atoms with van der Waals surface area (Å²) < 4.78 is 36.5. The molecule has 9 heteroatoms. The van der Waals surface area contributed by atoms with Gasteiger partial charge >= 0.3 is 0 Å². The van der Waals surface area contributed by atoms with E-state index in [2.05, 4.69) is 14.9 Å². The van der Waals surface area contributed by atoms with Crippen molar-refractivity contribution in [3.8, 4) is 0 Å². The molecule has 8 nitrogen and oxygen atoms in total. The zero-order chi connectivity index (χ0) is 12.3. The lowest BCUT2D eigenvalue weighted by Crippen LogP contribution is -2.39. The molecule has 2 heterocycles. The van der Waals surface area contributed by atoms with Crippen LogP contribution >= 0.6 is 0 Å². The van der Waals surface area contributed by atoms with E-state index in [4.69, 9.17) is 15.2 Å². The number of rotatable bonds is 4. The van der Waals surface area contributed by atoms with Crippen LogP contribution in [-0.4, -0.2) is 51.1 Å². The van der Waals surface area contributed by atoms with Gasteiger partial charge in [-0.15, -0.1) is 0 Å². The summed E-state index contributed by atoms with van der Waals surface area (Å²) in [5, 5.41) is 5.92. The molecule has 96 valence electrons. The Balaban J connectivity index is 1.96. The quantitative estimate of drug-likeness (QED) is 0.619. The maximum atomic E-state index is 11.8. The SMILES string of the molecule is Nc1[nH]ncc1S(=O)(=O)NCC1COCCO1. The summed E-state index contributed by atoms with van der Waals surface area (Å²) in [6, 6.07) is 0. The number of aromatic amines is 1. The van der Waals surface area contributed by atoms with Gasteiger partial charge in [0.25, 0.3) is 0 Å². The third-order valence-corrected chi connectivity index (χ3v) is 3.76. The van der Waals surface area contributed by atoms with Crippen molar-refractivity contribution in [2.45, 2.75) is 11.0 Å². The highest BCUT2D eigenvalue weighted by Gasteiger charge is 2.22. The molecular formula is C8H14N4O4S. The molecule has 1 unspecified atom stereocenters. The molecule has 0 amide bonds. The molecule has 1 aliphatic rings. The standard InChI is InChI=1S/C8H14N4O4S/c9-8-7(4-10-12-8)17(13,14)11-3-6-5-15-1-2-16-6/h4,6,11H,1-3,5H2,(H3,9,10,12). The van der Waals surface area contributed by atoms with Crippen molar-refractivity contribution in [3.05, 3.63) is 6.20 Å². The number of aromatic nitrogens is 2. The highest BCUT2D eigenvalue weighted by Crippen LogP contribution is 2.13. The maximum Gasteiger partial charge on any atom is 0.245 e. The minimum Gasteiger partial charge on any atom is -0.383 e. The van der Waals surface area contributed by atoms with Gasteiger partial charge in [0.1, 0.15) is 10.7 Å². The first kappa shape index (κ1) is 12.3. The van der Waals surface area contributed by atoms with Crippen LogP contribution in [0.25, 0.3) is 0 Å². The molecule has 4 N–H and O–H groups in total. The highest BCUT2D eigenvalue weighted by atomic mass is 32.2. The molecule has 0 spiro atoms. The number of hydrogen-bond donors (Lipinski definition) is 3. The Morgan fingerprint density at radius 2 is 2.41 bits per heavy atom. The molecule has 17 heavy (non-hydrogen) atoms. The predicted octanol–water partition coefficient (Wildman–Crippen LogP) is -1.31. The fourth-order valence-electron chi connectivity index (χ4n) is 1.43. The lowest BCUT2D eigenvalue weighted by molar-refractivity contribution is -0.0846. The third-order valence-electron chi connectivity index (χ3n) is 2.31. The van der Waals surface area contributed by atoms with Gasteiger partial charge in [0.15, 0.2) is 0 Å². The second-order valence-corrected chi connectivity index (χ2v) is 5.30. The number of nitrogen functional groups attached to an aromatic ring is 1. The largest absolute Gasteiger partial charge is 0.383 e. The van der Waals surface area contributed by atoms with E-state index in [9.17, 15) is 8.42 Å². The van der Waals surface area contributed by atoms with Gasteiger partial charge in [-0.25, -0.2) is 13.1 Å². The van der Waals surface area contributed by atoms with Crippen molar-refractivity contribution in [1.82, 2.24) is 14.9 Å². The molecule has 0 saturated carbocycles. The first-order chi connectivity index (χ1) is 8.09. The molecule has 1 aromatic rings. The number of nitrogens with zero attached hydrogens (tertiary/aromatic N) is 1. The monoisotopic (exact) mass is 262 g/mol. The molecular weight excluding hydrogens is 248 g/mol. The van der Waals surface area contributed by atoms with Gasteiger partial charge < -0.3 is 15.2 Å². The van der Waals surface area contributed by atoms with Crippen molar-refractivity contribution >= 4 is 15.8 Å². The van der Waals surface area contributed by atoms with E-state index in [-0.39, 0.29) is 23.4 Å². The number of H-pyrrole nitrogens is 1. The molecule has 1 atom stereocenters. The normalized spacial score (nSPS) is 21.5. The molecule has 1 fully saturated rings. The number of hydrogen-bond acceptors (Lipinski definition) is 6. The van der Waals surface area contributed by atoms with E-state index in [1.165, 1.54) is 0 Å². The molecule has 1 aromatic heterocycles. The Kier molecular flexibility index (Phi) is 3.62. The zero-order valence-corrected chi connectivity index (χ0v) is 9.87. The van der Waals surface area contributed by atoms with Crippen molar-refractivity contribution in [2.75, 3.05) is 32.1 Å². The average molecular weight is 262 g/mol. The summed E-state index contributed by atoms with van der Waals surface area (Å²) in [5.41, 5.74) is 5.44. The van der Waals surface area contributed by atoms with Crippen LogP contribution in [0.4, 0.5) is 5.82 Å². The van der Waals surface area contributed by atoms with Crippen LogP contribution in [0.2, 0.25) is 0 Å². The molecule has 0 aromatic carbocycles. The fraction of sp³-hybridized carbons (Fsp3) is 0.625. The van der Waals surface area contributed by atoms with E-state index >= 15 is 0 Å². The van der Waals surface area contributed by atoms with Gasteiger partial charge in [0, 0.05) is 6.54 Å². The summed E-state index contributed by atoms with van der Waals surface area (Å²) >= 11 is 0. The van der Waals surface area contributed by atoms with Gasteiger partial charge in [-0.3, -0.25) is 5.10 Å². The summed E-state index contributed by atoms with van der Waals surface area (Å²) in [6.07, 6.45) is 0.891. The fourth-order valence-corrected chi connectivity index (χ4v) is 2.52. The Labute approximate surface area is 98.5 Å². The maximum absolute atomic E-state index is 11.8. The smallest absolute Gasteiger partial charge is 0.245 e. The number of sulfonamides is 1. The summed E-state index contributed by atoms with van der Waals surface area (Å²) in [6.45, 7) is 1.54. The van der Waals surface area contributed by atoms with Gasteiger partial charge in [-0.05, 0) is 0 Å². The second kappa shape index (κ2) is 5.00. The zero-order valence-electron chi connectivity index (χ0n) is 9.05. The second-order valence-electron chi connectivity index (χ2n) is 3.57. The number of ether oxygens (including phenoxy) is 2. The predicted molar refractivity (Wildman–Crippen MR) is 58.7 cm³/mol. The van der Waals surface area contributed by atoms with Crippen molar-refractivity contribution in [1.29, 1.82) is 0 Å². The topological polar surface area (TPSA) is 119 Å². The van der Waals surface area contributed by atoms with Gasteiger partial charge in [-0.2, -0.15) is 5.10 Å². The summed E-state index contributed by atoms with van der Waals surface area (Å²) in [5.74, 6) is 0.0123. The first-order valence-corrected chi connectivity index (χ1v) is 6.56. The Morgan fingerprint density at radius 3 is 3.00 bits per heavy atom. The molecule has 0 aliphatic carbocycles. The van der Waals surface area contributed by atoms with Crippen molar-refractivity contribution in [2.24, 2.45) is 0 Å². The summed E-state index contributed by atoms with van der Waals surface area (Å²) in [7, 11) is -3.65. The lowest BCUT2D eigenvalue weighted by atomic mass is 10.3. The first-order valence-electron chi connectivity index (χ1n) is 5.07. The molecule has 0 radical (unpaired) electrons. The Morgan fingerprint density at radius 1 is 1.59 bits per heavy atom. The van der Waals surface area contributed by atoms with Crippen LogP contribution in [0.5, 0.6) is 0 Å². The van der Waals surface area contributed by atoms with Crippen LogP contribution in [0.15, 0.2) is 11.1 Å². The third kappa shape index (κ3) is 2.94. The average Bonchev–Trinajstić information content (AvgIpc) is 2.75. The minimum absolute atomic E-state index is 0.0123. The van der Waals surface area contributed by atoms with E-state index in [0.717, 1.165) is 6.20 Å². The van der Waals surface area contributed by atoms with Gasteiger partial charge in [-0.1, -0.05) is 0 Å². The van der Waals surface area contributed by atoms with Crippen molar-refractivity contribution < 1.29 is 17.9 Å². The van der Waals surface area contributed by atoms with Crippen LogP contribution in [-0.2, 0) is 19.5 Å². The van der Waals surface area contributed by atoms with Crippen LogP contribution in [0, 0.1) is 0 Å². The van der Waals surface area contributed by atoms with E-state index in [0.29, 0.717) is 19.8 Å². The Hall–Kier alpha value is -1.16. The van der Waals surface area contributed by atoms with Crippen molar-refractivity contribution in [3.63, 3.8) is 0 Å². The van der Waals surface area contributed by atoms with E-state index in [1.807, 2.05) is 0 Å². The van der Waals surface area contributed by atoms with Gasteiger partial charge in [0.2, 0.25) is 10.0 Å². The van der Waals surface area contributed by atoms with Gasteiger partial charge in [0.05, 0.1) is 32.1 Å². The Bertz CT molecular complexity index is 466. The van der Waals surface area contributed by atoms with Crippen LogP contribution < -0.4 is 10.5 Å². The number of nitrogens with two attached hydrogens (primary N) is 1. The molecule has 2 rings (SSSR count). The number of anilines is 1. The molecule has 0 bridgehead atoms.